The molecule has 0 aliphatic rings. The summed E-state index contributed by atoms with van der Waals surface area (Å²) in [6.45, 7) is 1.38. The van der Waals surface area contributed by atoms with Crippen LogP contribution in [0.1, 0.15) is 13.3 Å². The number of aromatic nitrogens is 3. The molecule has 10 heteroatoms. The number of fused-ring (bicyclic) bond motifs is 1. The van der Waals surface area contributed by atoms with Gasteiger partial charge >= 0.3 is 5.69 Å². The summed E-state index contributed by atoms with van der Waals surface area (Å²) < 4.78 is 27.9. The minimum atomic E-state index is -3.93. The Labute approximate surface area is 125 Å². The van der Waals surface area contributed by atoms with Crippen LogP contribution in [0.25, 0.3) is 11.0 Å². The molecule has 0 unspecified atom stereocenters. The lowest BCUT2D eigenvalue weighted by Gasteiger charge is -2.14. The van der Waals surface area contributed by atoms with Crippen molar-refractivity contribution in [3.05, 3.63) is 33.1 Å². The first-order chi connectivity index (χ1) is 10.3. The summed E-state index contributed by atoms with van der Waals surface area (Å²) in [7, 11) is -2.51. The number of aliphatic hydroxyl groups excluding tert-OH is 1. The Hall–Kier alpha value is -2.04. The van der Waals surface area contributed by atoms with Crippen LogP contribution < -0.4 is 16.0 Å². The van der Waals surface area contributed by atoms with E-state index >= 15 is 0 Å². The third-order valence-corrected chi connectivity index (χ3v) is 4.76. The Morgan fingerprint density at radius 3 is 2.73 bits per heavy atom. The van der Waals surface area contributed by atoms with E-state index in [4.69, 9.17) is 5.11 Å². The van der Waals surface area contributed by atoms with Crippen molar-refractivity contribution < 1.29 is 13.5 Å². The van der Waals surface area contributed by atoms with E-state index in [1.165, 1.54) is 7.05 Å². The molecular weight excluding hydrogens is 312 g/mol. The molecule has 0 aliphatic heterocycles. The molecule has 9 nitrogen and oxygen atoms in total. The molecule has 2 aromatic heterocycles. The first kappa shape index (κ1) is 16.3. The van der Waals surface area contributed by atoms with Crippen LogP contribution in [0, 0.1) is 0 Å². The number of aryl methyl sites for hydroxylation is 1. The number of hydrogen-bond donors (Lipinski definition) is 3. The van der Waals surface area contributed by atoms with E-state index in [1.807, 2.05) is 0 Å². The third kappa shape index (κ3) is 2.93. The summed E-state index contributed by atoms with van der Waals surface area (Å²) in [5.74, 6) is 0. The maximum atomic E-state index is 12.2. The Balaban J connectivity index is 2.59. The molecule has 0 radical (unpaired) electrons. The summed E-state index contributed by atoms with van der Waals surface area (Å²) in [5, 5.41) is 9.07. The molecule has 2 heterocycles. The number of nitrogens with zero attached hydrogens (tertiary/aromatic N) is 2. The zero-order valence-corrected chi connectivity index (χ0v) is 12.8. The number of pyridine rings is 1. The summed E-state index contributed by atoms with van der Waals surface area (Å²) >= 11 is 0. The second-order valence-electron chi connectivity index (χ2n) is 4.77. The summed E-state index contributed by atoms with van der Waals surface area (Å²) in [6, 6.07) is 0.520. The molecule has 2 rings (SSSR count). The molecule has 0 aliphatic carbocycles. The summed E-state index contributed by atoms with van der Waals surface area (Å²) in [6.07, 6.45) is 1.47. The lowest BCUT2D eigenvalue weighted by Crippen LogP contribution is -2.37. The van der Waals surface area contributed by atoms with Crippen molar-refractivity contribution in [3.63, 3.8) is 0 Å². The average Bonchev–Trinajstić information content (AvgIpc) is 2.50. The van der Waals surface area contributed by atoms with Gasteiger partial charge in [0, 0.05) is 19.3 Å². The Bertz CT molecular complexity index is 911. The van der Waals surface area contributed by atoms with E-state index in [0.29, 0.717) is 6.42 Å². The maximum absolute atomic E-state index is 12.2. The zero-order chi connectivity index (χ0) is 16.5. The van der Waals surface area contributed by atoms with Crippen LogP contribution in [0.4, 0.5) is 0 Å². The lowest BCUT2D eigenvalue weighted by atomic mass is 10.3. The molecule has 22 heavy (non-hydrogen) atoms. The van der Waals surface area contributed by atoms with Gasteiger partial charge in [-0.25, -0.2) is 22.9 Å². The third-order valence-electron chi connectivity index (χ3n) is 3.27. The topological polar surface area (TPSA) is 134 Å². The number of sulfonamides is 1. The van der Waals surface area contributed by atoms with Gasteiger partial charge < -0.3 is 5.11 Å². The zero-order valence-electron chi connectivity index (χ0n) is 12.0. The van der Waals surface area contributed by atoms with Crippen molar-refractivity contribution in [1.82, 2.24) is 19.3 Å². The van der Waals surface area contributed by atoms with E-state index in [-0.39, 0.29) is 22.5 Å². The van der Waals surface area contributed by atoms with Gasteiger partial charge in [-0.2, -0.15) is 0 Å². The number of hydrogen-bond acceptors (Lipinski definition) is 6. The van der Waals surface area contributed by atoms with Gasteiger partial charge in [0.15, 0.2) is 0 Å². The molecule has 2 aromatic rings. The Morgan fingerprint density at radius 1 is 1.45 bits per heavy atom. The maximum Gasteiger partial charge on any atom is 0.329 e. The van der Waals surface area contributed by atoms with E-state index in [2.05, 4.69) is 14.7 Å². The highest BCUT2D eigenvalue weighted by atomic mass is 32.2. The highest BCUT2D eigenvalue weighted by molar-refractivity contribution is 7.89. The smallest absolute Gasteiger partial charge is 0.329 e. The predicted octanol–water partition coefficient (Wildman–Crippen LogP) is -1.33. The molecule has 0 aromatic carbocycles. The second kappa shape index (κ2) is 5.99. The van der Waals surface area contributed by atoms with Crippen LogP contribution in [-0.2, 0) is 17.1 Å². The van der Waals surface area contributed by atoms with Gasteiger partial charge in [0.05, 0.1) is 12.0 Å². The molecule has 0 fully saturated rings. The Morgan fingerprint density at radius 2 is 2.14 bits per heavy atom. The van der Waals surface area contributed by atoms with Crippen molar-refractivity contribution in [1.29, 1.82) is 0 Å². The fraction of sp³-hybridized carbons (Fsp3) is 0.417. The van der Waals surface area contributed by atoms with Crippen LogP contribution in [0.15, 0.2) is 26.7 Å². The van der Waals surface area contributed by atoms with Gasteiger partial charge in [-0.05, 0) is 12.5 Å². The normalized spacial score (nSPS) is 13.4. The monoisotopic (exact) mass is 328 g/mol. The van der Waals surface area contributed by atoms with Crippen LogP contribution in [0.2, 0.25) is 0 Å². The largest absolute Gasteiger partial charge is 0.395 e. The second-order valence-corrected chi connectivity index (χ2v) is 6.48. The number of aliphatic hydroxyl groups is 1. The number of aromatic amines is 1. The average molecular weight is 328 g/mol. The van der Waals surface area contributed by atoms with Gasteiger partial charge in [0.25, 0.3) is 5.56 Å². The number of nitrogens with one attached hydrogen (secondary N) is 2. The van der Waals surface area contributed by atoms with Gasteiger partial charge in [0.1, 0.15) is 10.5 Å². The molecule has 0 spiro atoms. The van der Waals surface area contributed by atoms with Crippen LogP contribution in [0.5, 0.6) is 0 Å². The first-order valence-corrected chi connectivity index (χ1v) is 8.00. The first-order valence-electron chi connectivity index (χ1n) is 6.52. The number of H-pyrrole nitrogens is 1. The highest BCUT2D eigenvalue weighted by Gasteiger charge is 2.20. The van der Waals surface area contributed by atoms with Gasteiger partial charge in [0.2, 0.25) is 10.0 Å². The van der Waals surface area contributed by atoms with Crippen molar-refractivity contribution >= 4 is 21.1 Å². The van der Waals surface area contributed by atoms with Crippen molar-refractivity contribution in [2.24, 2.45) is 7.05 Å². The molecule has 1 atom stereocenters. The van der Waals surface area contributed by atoms with Crippen LogP contribution >= 0.6 is 0 Å². The van der Waals surface area contributed by atoms with E-state index < -0.39 is 27.3 Å². The van der Waals surface area contributed by atoms with Gasteiger partial charge in [-0.3, -0.25) is 14.3 Å². The molecule has 0 amide bonds. The molecule has 0 saturated carbocycles. The fourth-order valence-electron chi connectivity index (χ4n) is 1.90. The molecular formula is C12H16N4O5S. The quantitative estimate of drug-likeness (QED) is 0.622. The molecule has 0 bridgehead atoms. The fourth-order valence-corrected chi connectivity index (χ4v) is 3.18. The molecule has 120 valence electrons. The standard InChI is InChI=1S/C12H16N4O5S/c1-3-7(6-17)15-22(20,21)8-4-9-10(13-5-8)16(2)12(19)14-11(9)18/h4-5,7,15,17H,3,6H2,1-2H3,(H,14,18,19)/t7-/m1/s1. The van der Waals surface area contributed by atoms with Crippen molar-refractivity contribution in [3.8, 4) is 0 Å². The van der Waals surface area contributed by atoms with Crippen LogP contribution in [0.3, 0.4) is 0 Å². The predicted molar refractivity (Wildman–Crippen MR) is 79.1 cm³/mol. The lowest BCUT2D eigenvalue weighted by molar-refractivity contribution is 0.254. The van der Waals surface area contributed by atoms with E-state index in [1.54, 1.807) is 6.92 Å². The minimum absolute atomic E-state index is 0.0120. The van der Waals surface area contributed by atoms with Crippen molar-refractivity contribution in [2.75, 3.05) is 6.61 Å². The van der Waals surface area contributed by atoms with Crippen molar-refractivity contribution in [2.45, 2.75) is 24.3 Å². The van der Waals surface area contributed by atoms with Gasteiger partial charge in [-0.1, -0.05) is 6.92 Å². The summed E-state index contributed by atoms with van der Waals surface area (Å²) in [4.78, 5) is 29.0. The molecule has 3 N–H and O–H groups in total. The van der Waals surface area contributed by atoms with E-state index in [9.17, 15) is 18.0 Å². The summed E-state index contributed by atoms with van der Waals surface area (Å²) in [5.41, 5.74) is -1.26. The Kier molecular flexibility index (Phi) is 4.44. The minimum Gasteiger partial charge on any atom is -0.395 e. The van der Waals surface area contributed by atoms with Crippen LogP contribution in [-0.4, -0.2) is 40.7 Å². The highest BCUT2D eigenvalue weighted by Crippen LogP contribution is 2.13. The van der Waals surface area contributed by atoms with E-state index in [0.717, 1.165) is 16.8 Å². The molecule has 0 saturated heterocycles. The van der Waals surface area contributed by atoms with Gasteiger partial charge in [-0.15, -0.1) is 0 Å². The number of rotatable bonds is 5. The SMILES string of the molecule is CC[C@H](CO)NS(=O)(=O)c1cnc2c(c1)c(=O)[nH]c(=O)n2C.